The van der Waals surface area contributed by atoms with E-state index in [1.165, 1.54) is 27.8 Å². The molecule has 3 rings (SSSR count). The predicted octanol–water partition coefficient (Wildman–Crippen LogP) is 2.61. The second-order valence-electron chi connectivity index (χ2n) is 5.67. The Hall–Kier alpha value is -2.23. The van der Waals surface area contributed by atoms with Crippen molar-refractivity contribution in [2.24, 2.45) is 0 Å². The summed E-state index contributed by atoms with van der Waals surface area (Å²) in [4.78, 5) is 17.6. The van der Waals surface area contributed by atoms with Gasteiger partial charge in [-0.05, 0) is 18.2 Å². The average Bonchev–Trinajstić information content (AvgIpc) is 3.17. The molecule has 1 aromatic carbocycles. The molecule has 0 fully saturated rings. The van der Waals surface area contributed by atoms with Crippen LogP contribution in [0.1, 0.15) is 19.5 Å². The van der Waals surface area contributed by atoms with Gasteiger partial charge in [0.15, 0.2) is 4.96 Å². The lowest BCUT2D eigenvalue weighted by Gasteiger charge is -2.18. The fraction of sp³-hybridized carbons (Fsp3) is 0.294. The van der Waals surface area contributed by atoms with Gasteiger partial charge in [0.05, 0.1) is 17.0 Å². The first-order valence-corrected chi connectivity index (χ1v) is 10.6. The van der Waals surface area contributed by atoms with E-state index in [9.17, 15) is 13.2 Å². The molecule has 0 radical (unpaired) electrons. The highest BCUT2D eigenvalue weighted by molar-refractivity contribution is 7.89. The summed E-state index contributed by atoms with van der Waals surface area (Å²) < 4.78 is 28.4. The number of amides is 1. The quantitative estimate of drug-likeness (QED) is 0.670. The van der Waals surface area contributed by atoms with Crippen molar-refractivity contribution in [3.8, 4) is 0 Å². The van der Waals surface area contributed by atoms with Crippen molar-refractivity contribution < 1.29 is 13.2 Å². The molecule has 2 heterocycles. The Bertz CT molecular complexity index is 991. The molecule has 0 atom stereocenters. The Kier molecular flexibility index (Phi) is 5.40. The van der Waals surface area contributed by atoms with E-state index in [0.29, 0.717) is 24.5 Å². The van der Waals surface area contributed by atoms with E-state index in [4.69, 9.17) is 0 Å². The van der Waals surface area contributed by atoms with Gasteiger partial charge in [0.25, 0.3) is 0 Å². The number of thiazole rings is 1. The average molecular weight is 393 g/mol. The molecule has 2 aromatic heterocycles. The van der Waals surface area contributed by atoms with Crippen molar-refractivity contribution >= 4 is 37.9 Å². The molecule has 9 heteroatoms. The van der Waals surface area contributed by atoms with Crippen LogP contribution in [-0.4, -0.2) is 41.1 Å². The van der Waals surface area contributed by atoms with E-state index in [0.717, 1.165) is 4.96 Å². The molecule has 138 valence electrons. The summed E-state index contributed by atoms with van der Waals surface area (Å²) in [6.45, 7) is 4.38. The number of carbonyl (C=O) groups is 1. The lowest BCUT2D eigenvalue weighted by Crippen LogP contribution is -2.30. The van der Waals surface area contributed by atoms with Crippen molar-refractivity contribution in [1.82, 2.24) is 13.7 Å². The summed E-state index contributed by atoms with van der Waals surface area (Å²) in [7, 11) is -3.56. The molecular formula is C17H20N4O3S2. The van der Waals surface area contributed by atoms with Gasteiger partial charge in [0.2, 0.25) is 15.9 Å². The Morgan fingerprint density at radius 1 is 1.31 bits per heavy atom. The van der Waals surface area contributed by atoms with Gasteiger partial charge in [-0.15, -0.1) is 11.3 Å². The number of sulfonamides is 1. The van der Waals surface area contributed by atoms with Crippen LogP contribution in [0.2, 0.25) is 0 Å². The summed E-state index contributed by atoms with van der Waals surface area (Å²) in [5.41, 5.74) is 1.12. The maximum Gasteiger partial charge on any atom is 0.243 e. The van der Waals surface area contributed by atoms with Crippen LogP contribution in [0.3, 0.4) is 0 Å². The lowest BCUT2D eigenvalue weighted by atomic mass is 10.3. The second-order valence-corrected chi connectivity index (χ2v) is 8.48. The van der Waals surface area contributed by atoms with Gasteiger partial charge in [-0.25, -0.2) is 13.4 Å². The van der Waals surface area contributed by atoms with Crippen LogP contribution in [0, 0.1) is 0 Å². The summed E-state index contributed by atoms with van der Waals surface area (Å²) in [6.07, 6.45) is 3.82. The summed E-state index contributed by atoms with van der Waals surface area (Å²) in [5, 5.41) is 4.67. The van der Waals surface area contributed by atoms with Gasteiger partial charge < -0.3 is 5.32 Å². The highest BCUT2D eigenvalue weighted by atomic mass is 32.2. The van der Waals surface area contributed by atoms with Crippen LogP contribution >= 0.6 is 11.3 Å². The fourth-order valence-electron chi connectivity index (χ4n) is 2.68. The minimum atomic E-state index is -3.56. The fourth-order valence-corrected chi connectivity index (χ4v) is 4.90. The van der Waals surface area contributed by atoms with E-state index in [1.807, 2.05) is 22.2 Å². The van der Waals surface area contributed by atoms with Gasteiger partial charge in [-0.2, -0.15) is 4.31 Å². The summed E-state index contributed by atoms with van der Waals surface area (Å²) in [5.74, 6) is -0.242. The van der Waals surface area contributed by atoms with E-state index in [1.54, 1.807) is 26.0 Å². The van der Waals surface area contributed by atoms with Crippen LogP contribution < -0.4 is 5.32 Å². The zero-order valence-electron chi connectivity index (χ0n) is 14.5. The number of carbonyl (C=O) groups excluding carboxylic acids is 1. The molecule has 0 aliphatic heterocycles. The van der Waals surface area contributed by atoms with Gasteiger partial charge >= 0.3 is 0 Å². The third kappa shape index (κ3) is 3.79. The standard InChI is InChI=1S/C17H20N4O3S2/c1-3-21(4-2)26(23,24)15-7-5-6-13(10-15)18-16(22)11-14-12-20-8-9-25-17(20)19-14/h5-10,12H,3-4,11H2,1-2H3,(H,18,22). The van der Waals surface area contributed by atoms with E-state index in [2.05, 4.69) is 10.3 Å². The zero-order valence-corrected chi connectivity index (χ0v) is 16.2. The number of nitrogens with zero attached hydrogens (tertiary/aromatic N) is 3. The molecule has 0 aliphatic carbocycles. The first-order valence-electron chi connectivity index (χ1n) is 8.25. The second kappa shape index (κ2) is 7.56. The monoisotopic (exact) mass is 392 g/mol. The molecule has 26 heavy (non-hydrogen) atoms. The predicted molar refractivity (Wildman–Crippen MR) is 102 cm³/mol. The van der Waals surface area contributed by atoms with Crippen molar-refractivity contribution in [2.75, 3.05) is 18.4 Å². The first kappa shape index (κ1) is 18.6. The van der Waals surface area contributed by atoms with Gasteiger partial charge in [0.1, 0.15) is 0 Å². The molecule has 7 nitrogen and oxygen atoms in total. The molecule has 0 bridgehead atoms. The smallest absolute Gasteiger partial charge is 0.243 e. The number of aromatic nitrogens is 2. The topological polar surface area (TPSA) is 83.8 Å². The Labute approximate surface area is 156 Å². The van der Waals surface area contributed by atoms with Crippen molar-refractivity contribution in [2.45, 2.75) is 25.2 Å². The third-order valence-electron chi connectivity index (χ3n) is 3.95. The molecule has 0 spiro atoms. The van der Waals surface area contributed by atoms with Crippen LogP contribution in [0.5, 0.6) is 0 Å². The Morgan fingerprint density at radius 3 is 2.77 bits per heavy atom. The number of imidazole rings is 1. The van der Waals surface area contributed by atoms with Crippen LogP contribution in [0.25, 0.3) is 4.96 Å². The molecule has 0 aliphatic rings. The number of nitrogens with one attached hydrogen (secondary N) is 1. The molecule has 1 amide bonds. The highest BCUT2D eigenvalue weighted by Crippen LogP contribution is 2.20. The summed E-state index contributed by atoms with van der Waals surface area (Å²) in [6, 6.07) is 6.31. The normalized spacial score (nSPS) is 12.0. The third-order valence-corrected chi connectivity index (χ3v) is 6.76. The number of fused-ring (bicyclic) bond motifs is 1. The highest BCUT2D eigenvalue weighted by Gasteiger charge is 2.21. The van der Waals surface area contributed by atoms with Crippen LogP contribution in [0.15, 0.2) is 46.9 Å². The van der Waals surface area contributed by atoms with Gasteiger partial charge in [-0.3, -0.25) is 9.20 Å². The van der Waals surface area contributed by atoms with E-state index >= 15 is 0 Å². The molecule has 0 saturated carbocycles. The molecule has 3 aromatic rings. The number of benzene rings is 1. The first-order chi connectivity index (χ1) is 12.4. The van der Waals surface area contributed by atoms with Gasteiger partial charge in [-0.1, -0.05) is 19.9 Å². The minimum Gasteiger partial charge on any atom is -0.326 e. The SMILES string of the molecule is CCN(CC)S(=O)(=O)c1cccc(NC(=O)Cc2cn3ccsc3n2)c1. The molecule has 0 saturated heterocycles. The number of hydrogen-bond donors (Lipinski definition) is 1. The molecule has 1 N–H and O–H groups in total. The molecular weight excluding hydrogens is 372 g/mol. The lowest BCUT2D eigenvalue weighted by molar-refractivity contribution is -0.115. The van der Waals surface area contributed by atoms with Gasteiger partial charge in [0, 0.05) is 36.6 Å². The van der Waals surface area contributed by atoms with E-state index < -0.39 is 10.0 Å². The maximum absolute atomic E-state index is 12.6. The number of rotatable bonds is 7. The maximum atomic E-state index is 12.6. The van der Waals surface area contributed by atoms with Crippen LogP contribution in [0.4, 0.5) is 5.69 Å². The Balaban J connectivity index is 1.73. The van der Waals surface area contributed by atoms with Crippen LogP contribution in [-0.2, 0) is 21.2 Å². The Morgan fingerprint density at radius 2 is 2.08 bits per heavy atom. The minimum absolute atomic E-state index is 0.126. The van der Waals surface area contributed by atoms with Crippen molar-refractivity contribution in [1.29, 1.82) is 0 Å². The van der Waals surface area contributed by atoms with Crippen molar-refractivity contribution in [3.05, 3.63) is 47.7 Å². The summed E-state index contributed by atoms with van der Waals surface area (Å²) >= 11 is 1.50. The van der Waals surface area contributed by atoms with E-state index in [-0.39, 0.29) is 17.2 Å². The molecule has 0 unspecified atom stereocenters. The largest absolute Gasteiger partial charge is 0.326 e. The number of anilines is 1. The number of hydrogen-bond acceptors (Lipinski definition) is 5. The van der Waals surface area contributed by atoms with Crippen molar-refractivity contribution in [3.63, 3.8) is 0 Å². The zero-order chi connectivity index (χ0) is 18.7.